The number of carbonyl (C=O) groups excluding carboxylic acids is 1. The molecule has 4 rings (SSSR count). The third kappa shape index (κ3) is 4.05. The summed E-state index contributed by atoms with van der Waals surface area (Å²) in [7, 11) is 0. The molecule has 0 fully saturated rings. The van der Waals surface area contributed by atoms with Crippen molar-refractivity contribution in [1.29, 1.82) is 0 Å². The van der Waals surface area contributed by atoms with Gasteiger partial charge in [-0.1, -0.05) is 24.3 Å². The van der Waals surface area contributed by atoms with Crippen molar-refractivity contribution in [3.63, 3.8) is 0 Å². The number of nitrogens with one attached hydrogen (secondary N) is 2. The largest absolute Gasteiger partial charge is 0.493 e. The molecule has 138 valence electrons. The van der Waals surface area contributed by atoms with E-state index in [-0.39, 0.29) is 11.9 Å². The minimum Gasteiger partial charge on any atom is -0.493 e. The molecule has 1 unspecified atom stereocenters. The predicted octanol–water partition coefficient (Wildman–Crippen LogP) is 1.71. The molecule has 1 aromatic carbocycles. The van der Waals surface area contributed by atoms with Crippen LogP contribution in [-0.2, 0) is 13.0 Å². The maximum absolute atomic E-state index is 12.2. The summed E-state index contributed by atoms with van der Waals surface area (Å²) in [5, 5.41) is 9.88. The van der Waals surface area contributed by atoms with Crippen LogP contribution in [-0.4, -0.2) is 38.9 Å². The van der Waals surface area contributed by atoms with Crippen molar-refractivity contribution < 1.29 is 9.53 Å². The lowest BCUT2D eigenvalue weighted by Gasteiger charge is -2.25. The minimum absolute atomic E-state index is 0.220. The molecule has 2 aromatic heterocycles. The van der Waals surface area contributed by atoms with E-state index >= 15 is 0 Å². The van der Waals surface area contributed by atoms with Gasteiger partial charge in [-0.25, -0.2) is 19.4 Å². The fourth-order valence-electron chi connectivity index (χ4n) is 3.09. The molecule has 0 bridgehead atoms. The zero-order valence-corrected chi connectivity index (χ0v) is 14.7. The number of carbonyl (C=O) groups is 1. The highest BCUT2D eigenvalue weighted by molar-refractivity contribution is 5.73. The molecule has 0 aliphatic carbocycles. The van der Waals surface area contributed by atoms with E-state index in [9.17, 15) is 4.79 Å². The van der Waals surface area contributed by atoms with E-state index in [1.807, 2.05) is 30.3 Å². The van der Waals surface area contributed by atoms with Crippen molar-refractivity contribution >= 4 is 6.03 Å². The number of para-hydroxylation sites is 1. The summed E-state index contributed by atoms with van der Waals surface area (Å²) in [5.74, 6) is 1.85. The quantitative estimate of drug-likeness (QED) is 0.719. The molecule has 27 heavy (non-hydrogen) atoms. The molecule has 8 nitrogen and oxygen atoms in total. The predicted molar refractivity (Wildman–Crippen MR) is 98.5 cm³/mol. The molecule has 3 heterocycles. The van der Waals surface area contributed by atoms with Crippen LogP contribution >= 0.6 is 0 Å². The van der Waals surface area contributed by atoms with Gasteiger partial charge in [-0.2, -0.15) is 5.10 Å². The number of benzene rings is 1. The lowest BCUT2D eigenvalue weighted by atomic mass is 9.97. The first-order chi connectivity index (χ1) is 13.3. The van der Waals surface area contributed by atoms with Gasteiger partial charge in [-0.15, -0.1) is 0 Å². The molecule has 0 radical (unpaired) electrons. The first-order valence-corrected chi connectivity index (χ1v) is 8.81. The standard InChI is InChI=1S/C19H20N6O2/c26-19(22-9-14-8-15-4-1-2-6-17(15)27-11-14)23-10-16-5-3-7-21-18(16)25-13-20-12-24-25/h1-7,12-14H,8-11H2,(H2,22,23,26). The van der Waals surface area contributed by atoms with Crippen molar-refractivity contribution in [3.05, 3.63) is 66.4 Å². The van der Waals surface area contributed by atoms with Gasteiger partial charge in [0, 0.05) is 30.8 Å². The maximum atomic E-state index is 12.2. The molecular weight excluding hydrogens is 344 g/mol. The average Bonchev–Trinajstić information content (AvgIpc) is 3.25. The summed E-state index contributed by atoms with van der Waals surface area (Å²) < 4.78 is 7.33. The number of ether oxygens (including phenoxy) is 1. The number of fused-ring (bicyclic) bond motifs is 1. The van der Waals surface area contributed by atoms with E-state index in [0.29, 0.717) is 25.5 Å². The smallest absolute Gasteiger partial charge is 0.315 e. The molecule has 0 saturated heterocycles. The Hall–Kier alpha value is -3.42. The van der Waals surface area contributed by atoms with Crippen LogP contribution in [0.25, 0.3) is 5.82 Å². The molecule has 2 amide bonds. The highest BCUT2D eigenvalue weighted by Crippen LogP contribution is 2.26. The van der Waals surface area contributed by atoms with Crippen LogP contribution in [0.3, 0.4) is 0 Å². The lowest BCUT2D eigenvalue weighted by Crippen LogP contribution is -2.40. The van der Waals surface area contributed by atoms with Crippen molar-refractivity contribution in [1.82, 2.24) is 30.4 Å². The highest BCUT2D eigenvalue weighted by Gasteiger charge is 2.20. The molecule has 8 heteroatoms. The Morgan fingerprint density at radius 2 is 2.15 bits per heavy atom. The van der Waals surface area contributed by atoms with Gasteiger partial charge in [0.1, 0.15) is 18.4 Å². The molecule has 0 saturated carbocycles. The summed E-state index contributed by atoms with van der Waals surface area (Å²) in [6.07, 6.45) is 5.60. The summed E-state index contributed by atoms with van der Waals surface area (Å²) in [6.45, 7) is 1.51. The summed E-state index contributed by atoms with van der Waals surface area (Å²) in [4.78, 5) is 20.4. The van der Waals surface area contributed by atoms with E-state index in [1.54, 1.807) is 17.2 Å². The van der Waals surface area contributed by atoms with Crippen molar-refractivity contribution in [2.45, 2.75) is 13.0 Å². The topological polar surface area (TPSA) is 94.0 Å². The number of hydrogen-bond acceptors (Lipinski definition) is 5. The van der Waals surface area contributed by atoms with Crippen molar-refractivity contribution in [2.75, 3.05) is 13.2 Å². The number of hydrogen-bond donors (Lipinski definition) is 2. The highest BCUT2D eigenvalue weighted by atomic mass is 16.5. The second kappa shape index (κ2) is 7.86. The summed E-state index contributed by atoms with van der Waals surface area (Å²) in [5.41, 5.74) is 2.04. The number of aromatic nitrogens is 4. The van der Waals surface area contributed by atoms with Gasteiger partial charge in [0.15, 0.2) is 5.82 Å². The third-order valence-electron chi connectivity index (χ3n) is 4.45. The zero-order valence-electron chi connectivity index (χ0n) is 14.7. The number of urea groups is 1. The number of pyridine rings is 1. The first kappa shape index (κ1) is 17.0. The Kier molecular flexibility index (Phi) is 4.95. The molecular formula is C19H20N6O2. The number of nitrogens with zero attached hydrogens (tertiary/aromatic N) is 4. The van der Waals surface area contributed by atoms with E-state index < -0.39 is 0 Å². The Morgan fingerprint density at radius 3 is 3.04 bits per heavy atom. The zero-order chi connectivity index (χ0) is 18.5. The first-order valence-electron chi connectivity index (χ1n) is 8.81. The molecule has 1 aliphatic heterocycles. The monoisotopic (exact) mass is 364 g/mol. The van der Waals surface area contributed by atoms with Crippen LogP contribution in [0.2, 0.25) is 0 Å². The number of amides is 2. The second-order valence-electron chi connectivity index (χ2n) is 6.38. The van der Waals surface area contributed by atoms with Gasteiger partial charge >= 0.3 is 6.03 Å². The Bertz CT molecular complexity index is 912. The SMILES string of the molecule is O=C(NCc1cccnc1-n1cncn1)NCC1COc2ccccc2C1. The van der Waals surface area contributed by atoms with Gasteiger partial charge < -0.3 is 15.4 Å². The summed E-state index contributed by atoms with van der Waals surface area (Å²) >= 11 is 0. The lowest BCUT2D eigenvalue weighted by molar-refractivity contribution is 0.211. The van der Waals surface area contributed by atoms with Crippen LogP contribution in [0.1, 0.15) is 11.1 Å². The third-order valence-corrected chi connectivity index (χ3v) is 4.45. The fourth-order valence-corrected chi connectivity index (χ4v) is 3.09. The average molecular weight is 364 g/mol. The normalized spacial score (nSPS) is 15.5. The van der Waals surface area contributed by atoms with E-state index in [4.69, 9.17) is 4.74 Å². The molecule has 3 aromatic rings. The maximum Gasteiger partial charge on any atom is 0.315 e. The van der Waals surface area contributed by atoms with Crippen LogP contribution in [0, 0.1) is 5.92 Å². The van der Waals surface area contributed by atoms with Crippen LogP contribution in [0.15, 0.2) is 55.2 Å². The second-order valence-corrected chi connectivity index (χ2v) is 6.38. The van der Waals surface area contributed by atoms with Crippen molar-refractivity contribution in [2.24, 2.45) is 5.92 Å². The molecule has 1 atom stereocenters. The number of rotatable bonds is 5. The van der Waals surface area contributed by atoms with E-state index in [2.05, 4.69) is 31.8 Å². The van der Waals surface area contributed by atoms with Crippen molar-refractivity contribution in [3.8, 4) is 11.6 Å². The Morgan fingerprint density at radius 1 is 1.22 bits per heavy atom. The molecule has 2 N–H and O–H groups in total. The van der Waals surface area contributed by atoms with Crippen LogP contribution in [0.4, 0.5) is 4.79 Å². The van der Waals surface area contributed by atoms with Gasteiger partial charge in [0.25, 0.3) is 0 Å². The van der Waals surface area contributed by atoms with Gasteiger partial charge in [0.2, 0.25) is 0 Å². The molecule has 0 spiro atoms. The van der Waals surface area contributed by atoms with Crippen LogP contribution in [0.5, 0.6) is 5.75 Å². The van der Waals surface area contributed by atoms with Crippen LogP contribution < -0.4 is 15.4 Å². The van der Waals surface area contributed by atoms with E-state index in [0.717, 1.165) is 17.7 Å². The van der Waals surface area contributed by atoms with Gasteiger partial charge in [0.05, 0.1) is 6.61 Å². The van der Waals surface area contributed by atoms with Gasteiger partial charge in [-0.05, 0) is 24.1 Å². The Balaban J connectivity index is 1.29. The van der Waals surface area contributed by atoms with E-state index in [1.165, 1.54) is 11.9 Å². The van der Waals surface area contributed by atoms with Gasteiger partial charge in [-0.3, -0.25) is 0 Å². The molecule has 1 aliphatic rings. The summed E-state index contributed by atoms with van der Waals surface area (Å²) in [6, 6.07) is 11.5. The minimum atomic E-state index is -0.220. The Labute approximate surface area is 156 Å². The fraction of sp³-hybridized carbons (Fsp3) is 0.263.